The van der Waals surface area contributed by atoms with Crippen LogP contribution in [0.4, 0.5) is 0 Å². The van der Waals surface area contributed by atoms with E-state index in [0.717, 1.165) is 22.3 Å². The highest BCUT2D eigenvalue weighted by Crippen LogP contribution is 2.43. The zero-order valence-corrected chi connectivity index (χ0v) is 16.5. The molecule has 0 aliphatic carbocycles. The van der Waals surface area contributed by atoms with Crippen LogP contribution >= 0.6 is 11.6 Å². The summed E-state index contributed by atoms with van der Waals surface area (Å²) in [7, 11) is 0. The van der Waals surface area contributed by atoms with Gasteiger partial charge in [-0.05, 0) is 68.5 Å². The molecule has 3 rings (SSSR count). The number of aromatic hydroxyl groups is 1. The third-order valence-corrected chi connectivity index (χ3v) is 5.69. The average molecular weight is 375 g/mol. The fraction of sp³-hybridized carbons (Fsp3) is 0.381. The normalized spacial score (nSPS) is 18.8. The Morgan fingerprint density at radius 1 is 1.15 bits per heavy atom. The quantitative estimate of drug-likeness (QED) is 0.736. The molecule has 1 N–H and O–H groups in total. The van der Waals surface area contributed by atoms with Gasteiger partial charge < -0.3 is 14.6 Å². The zero-order chi connectivity index (χ0) is 19.2. The Balaban J connectivity index is 1.92. The van der Waals surface area contributed by atoms with Gasteiger partial charge in [-0.3, -0.25) is 0 Å². The molecule has 4 nitrogen and oxygen atoms in total. The van der Waals surface area contributed by atoms with Crippen molar-refractivity contribution in [1.29, 1.82) is 0 Å². The number of carbonyl (C=O) groups excluding carboxylic acids is 1. The Hall–Kier alpha value is -2.20. The van der Waals surface area contributed by atoms with Crippen molar-refractivity contribution in [1.82, 2.24) is 0 Å². The summed E-state index contributed by atoms with van der Waals surface area (Å²) in [5.74, 6) is -0.526. The van der Waals surface area contributed by atoms with Crippen molar-refractivity contribution in [2.45, 2.75) is 53.2 Å². The van der Waals surface area contributed by atoms with Gasteiger partial charge >= 0.3 is 5.97 Å². The predicted molar refractivity (Wildman–Crippen MR) is 101 cm³/mol. The lowest BCUT2D eigenvalue weighted by molar-refractivity contribution is -0.142. The van der Waals surface area contributed by atoms with Crippen molar-refractivity contribution in [3.8, 4) is 11.5 Å². The molecule has 138 valence electrons. The largest absolute Gasteiger partial charge is 0.507 e. The number of phenols is 1. The summed E-state index contributed by atoms with van der Waals surface area (Å²) >= 11 is 6.11. The summed E-state index contributed by atoms with van der Waals surface area (Å²) in [6, 6.07) is 5.16. The maximum atomic E-state index is 12.7. The van der Waals surface area contributed by atoms with Gasteiger partial charge in [0, 0.05) is 23.9 Å². The lowest BCUT2D eigenvalue weighted by Crippen LogP contribution is -2.41. The van der Waals surface area contributed by atoms with Crippen molar-refractivity contribution in [3.05, 3.63) is 56.6 Å². The van der Waals surface area contributed by atoms with E-state index in [1.54, 1.807) is 32.0 Å². The van der Waals surface area contributed by atoms with Gasteiger partial charge in [-0.1, -0.05) is 17.7 Å². The van der Waals surface area contributed by atoms with Gasteiger partial charge in [0.15, 0.2) is 0 Å². The van der Waals surface area contributed by atoms with Crippen molar-refractivity contribution >= 4 is 17.6 Å². The van der Waals surface area contributed by atoms with Crippen LogP contribution in [0, 0.1) is 27.7 Å². The number of benzene rings is 2. The van der Waals surface area contributed by atoms with Gasteiger partial charge in [0.05, 0.1) is 5.56 Å². The Morgan fingerprint density at radius 3 is 2.54 bits per heavy atom. The molecular formula is C21H23ClO4. The number of rotatable bonds is 2. The van der Waals surface area contributed by atoms with E-state index in [1.165, 1.54) is 0 Å². The third kappa shape index (κ3) is 3.03. The summed E-state index contributed by atoms with van der Waals surface area (Å²) in [6.07, 6.45) is 1.17. The van der Waals surface area contributed by atoms with Crippen LogP contribution in [0.3, 0.4) is 0 Å². The topological polar surface area (TPSA) is 55.8 Å². The predicted octanol–water partition coefficient (Wildman–Crippen LogP) is 5.18. The Bertz CT molecular complexity index is 904. The van der Waals surface area contributed by atoms with Crippen LogP contribution < -0.4 is 4.74 Å². The molecule has 0 fully saturated rings. The molecule has 1 atom stereocenters. The number of carbonyl (C=O) groups is 1. The van der Waals surface area contributed by atoms with Crippen molar-refractivity contribution in [2.75, 3.05) is 0 Å². The van der Waals surface area contributed by atoms with E-state index in [-0.39, 0.29) is 0 Å². The molecule has 5 heteroatoms. The highest BCUT2D eigenvalue weighted by atomic mass is 35.5. The number of ether oxygens (including phenoxy) is 2. The second kappa shape index (κ2) is 6.51. The fourth-order valence-corrected chi connectivity index (χ4v) is 3.55. The minimum Gasteiger partial charge on any atom is -0.507 e. The monoisotopic (exact) mass is 374 g/mol. The molecule has 2 aromatic carbocycles. The van der Waals surface area contributed by atoms with E-state index in [2.05, 4.69) is 0 Å². The van der Waals surface area contributed by atoms with Gasteiger partial charge in [0.1, 0.15) is 11.5 Å². The summed E-state index contributed by atoms with van der Waals surface area (Å²) in [4.78, 5) is 12.7. The molecule has 2 aromatic rings. The van der Waals surface area contributed by atoms with Crippen LogP contribution in [0.25, 0.3) is 0 Å². The maximum Gasteiger partial charge on any atom is 0.341 e. The van der Waals surface area contributed by atoms with Gasteiger partial charge in [-0.25, -0.2) is 4.79 Å². The summed E-state index contributed by atoms with van der Waals surface area (Å²) in [5.41, 5.74) is 4.56. The Kier molecular flexibility index (Phi) is 4.65. The van der Waals surface area contributed by atoms with Crippen LogP contribution in [0.15, 0.2) is 18.2 Å². The second-order valence-electron chi connectivity index (χ2n) is 7.07. The smallest absolute Gasteiger partial charge is 0.341 e. The Labute approximate surface area is 158 Å². The molecule has 26 heavy (non-hydrogen) atoms. The van der Waals surface area contributed by atoms with Crippen molar-refractivity contribution < 1.29 is 19.4 Å². The molecule has 1 unspecified atom stereocenters. The van der Waals surface area contributed by atoms with Gasteiger partial charge in [0.2, 0.25) is 0 Å². The number of phenolic OH excluding ortho intramolecular Hbond substituents is 1. The first-order valence-electron chi connectivity index (χ1n) is 8.63. The number of hydrogen-bond donors (Lipinski definition) is 1. The zero-order valence-electron chi connectivity index (χ0n) is 15.7. The maximum absolute atomic E-state index is 12.7. The highest BCUT2D eigenvalue weighted by molar-refractivity contribution is 6.31. The molecule has 0 amide bonds. The first-order chi connectivity index (χ1) is 12.1. The average Bonchev–Trinajstić information content (AvgIpc) is 2.60. The van der Waals surface area contributed by atoms with E-state index in [0.29, 0.717) is 40.5 Å². The summed E-state index contributed by atoms with van der Waals surface area (Å²) in [6.45, 7) is 9.20. The summed E-state index contributed by atoms with van der Waals surface area (Å²) in [5, 5.41) is 10.8. The molecule has 0 saturated heterocycles. The summed E-state index contributed by atoms with van der Waals surface area (Å²) < 4.78 is 11.9. The molecule has 1 aliphatic rings. The van der Waals surface area contributed by atoms with Crippen LogP contribution in [0.5, 0.6) is 11.5 Å². The van der Waals surface area contributed by atoms with Crippen molar-refractivity contribution in [3.63, 3.8) is 0 Å². The SMILES string of the molecule is Cc1c(Cl)cccc1C(=O)OC1(C)CCc2c(C)c(O)c(C)c(C)c2O1. The first kappa shape index (κ1) is 18.6. The molecule has 0 spiro atoms. The molecule has 0 aromatic heterocycles. The van der Waals surface area contributed by atoms with E-state index < -0.39 is 11.8 Å². The minimum atomic E-state index is -1.07. The second-order valence-corrected chi connectivity index (χ2v) is 7.48. The van der Waals surface area contributed by atoms with Gasteiger partial charge in [-0.2, -0.15) is 0 Å². The minimum absolute atomic E-state index is 0.306. The van der Waals surface area contributed by atoms with Crippen LogP contribution in [0.1, 0.15) is 51.5 Å². The lowest BCUT2D eigenvalue weighted by atomic mass is 9.91. The molecule has 1 heterocycles. The number of esters is 1. The molecule has 0 saturated carbocycles. The standard InChI is InChI=1S/C21H23ClO4/c1-11-12(2)19-15(14(4)18(11)23)9-10-21(5,25-19)26-20(24)16-7-6-8-17(22)13(16)3/h6-8,23H,9-10H2,1-5H3. The van der Waals surface area contributed by atoms with Crippen LogP contribution in [-0.2, 0) is 11.2 Å². The highest BCUT2D eigenvalue weighted by Gasteiger charge is 2.38. The van der Waals surface area contributed by atoms with Crippen molar-refractivity contribution in [2.24, 2.45) is 0 Å². The fourth-order valence-electron chi connectivity index (χ4n) is 3.38. The first-order valence-corrected chi connectivity index (χ1v) is 9.01. The number of fused-ring (bicyclic) bond motifs is 1. The van der Waals surface area contributed by atoms with Crippen LogP contribution in [-0.4, -0.2) is 16.9 Å². The van der Waals surface area contributed by atoms with Gasteiger partial charge in [-0.15, -0.1) is 0 Å². The van der Waals surface area contributed by atoms with E-state index >= 15 is 0 Å². The van der Waals surface area contributed by atoms with E-state index in [4.69, 9.17) is 21.1 Å². The van der Waals surface area contributed by atoms with Gasteiger partial charge in [0.25, 0.3) is 5.79 Å². The number of hydrogen-bond acceptors (Lipinski definition) is 4. The lowest BCUT2D eigenvalue weighted by Gasteiger charge is -2.37. The Morgan fingerprint density at radius 2 is 1.85 bits per heavy atom. The molecule has 0 bridgehead atoms. The number of halogens is 1. The van der Waals surface area contributed by atoms with Crippen LogP contribution in [0.2, 0.25) is 5.02 Å². The molecule has 1 aliphatic heterocycles. The molecular weight excluding hydrogens is 352 g/mol. The molecule has 0 radical (unpaired) electrons. The van der Waals surface area contributed by atoms with E-state index in [9.17, 15) is 9.90 Å². The van der Waals surface area contributed by atoms with E-state index in [1.807, 2.05) is 20.8 Å². The third-order valence-electron chi connectivity index (χ3n) is 5.28.